The van der Waals surface area contributed by atoms with E-state index < -0.39 is 40.9 Å². The summed E-state index contributed by atoms with van der Waals surface area (Å²) in [6.07, 6.45) is 0.799. The molecule has 4 atom stereocenters. The largest absolute Gasteiger partial charge is 0.507 e. The van der Waals surface area contributed by atoms with Gasteiger partial charge >= 0.3 is 11.9 Å². The summed E-state index contributed by atoms with van der Waals surface area (Å²) in [7, 11) is 0. The van der Waals surface area contributed by atoms with Gasteiger partial charge in [-0.3, -0.25) is 9.59 Å². The quantitative estimate of drug-likeness (QED) is 0.0998. The van der Waals surface area contributed by atoms with Crippen LogP contribution < -0.4 is 0 Å². The molecule has 0 radical (unpaired) electrons. The predicted molar refractivity (Wildman–Crippen MR) is 205 cm³/mol. The van der Waals surface area contributed by atoms with Crippen molar-refractivity contribution in [2.24, 2.45) is 11.8 Å². The minimum absolute atomic E-state index is 0.0562. The van der Waals surface area contributed by atoms with E-state index in [2.05, 4.69) is 6.92 Å². The molecule has 6 N–H and O–H groups in total. The molecule has 2 rings (SSSR count). The predicted octanol–water partition coefficient (Wildman–Crippen LogP) is 9.62. The maximum absolute atomic E-state index is 12.4. The highest BCUT2D eigenvalue weighted by Gasteiger charge is 2.36. The van der Waals surface area contributed by atoms with Gasteiger partial charge in [-0.05, 0) is 79.7 Å². The van der Waals surface area contributed by atoms with Crippen molar-refractivity contribution in [3.05, 3.63) is 57.6 Å². The first-order chi connectivity index (χ1) is 23.1. The summed E-state index contributed by atoms with van der Waals surface area (Å²) < 4.78 is 0. The van der Waals surface area contributed by atoms with Gasteiger partial charge < -0.3 is 30.6 Å². The van der Waals surface area contributed by atoms with E-state index in [4.69, 9.17) is 0 Å². The molecule has 0 fully saturated rings. The lowest BCUT2D eigenvalue weighted by atomic mass is 9.72. The molecule has 8 nitrogen and oxygen atoms in total. The van der Waals surface area contributed by atoms with Crippen LogP contribution in [-0.4, -0.2) is 48.9 Å². The molecule has 0 aromatic heterocycles. The third-order valence-electron chi connectivity index (χ3n) is 10.4. The summed E-state index contributed by atoms with van der Waals surface area (Å²) in [5.41, 5.74) is 2.72. The highest BCUT2D eigenvalue weighted by molar-refractivity contribution is 5.69. The molecule has 2 aromatic rings. The molecule has 8 heteroatoms. The normalized spacial score (nSPS) is 15.5. The van der Waals surface area contributed by atoms with Crippen LogP contribution in [-0.2, 0) is 31.2 Å². The van der Waals surface area contributed by atoms with Crippen molar-refractivity contribution in [2.45, 2.75) is 175 Å². The standard InChI is InChI=1S/C43H68O8/c1-14-16-25(29(23-35(44)45)26-19-31(40(2,3)4)37(48)32(20-26)41(5,6)7)17-15-18-28(39(50)51)30(24-36(46)47)27-21-33(42(8,9)10)38(49)34(22-27)43(11,12)13/h19-22,25,28-30,39,48-51H,14-18,23-24H2,1-13H3,(H,44,45)(H,46,47). The Morgan fingerprint density at radius 2 is 0.902 bits per heavy atom. The van der Waals surface area contributed by atoms with Gasteiger partial charge in [0.2, 0.25) is 0 Å². The Labute approximate surface area is 307 Å². The zero-order chi connectivity index (χ0) is 39.4. The number of benzene rings is 2. The van der Waals surface area contributed by atoms with Crippen LogP contribution in [0.2, 0.25) is 0 Å². The Morgan fingerprint density at radius 3 is 1.20 bits per heavy atom. The van der Waals surface area contributed by atoms with E-state index in [1.54, 1.807) is 0 Å². The molecular weight excluding hydrogens is 644 g/mol. The molecule has 51 heavy (non-hydrogen) atoms. The molecular formula is C43H68O8. The second-order valence-electron chi connectivity index (χ2n) is 18.9. The van der Waals surface area contributed by atoms with Crippen LogP contribution in [0.5, 0.6) is 11.5 Å². The van der Waals surface area contributed by atoms with Gasteiger partial charge in [0.15, 0.2) is 6.29 Å². The fraction of sp³-hybridized carbons (Fsp3) is 0.674. The van der Waals surface area contributed by atoms with Crippen LogP contribution in [0.4, 0.5) is 0 Å². The minimum atomic E-state index is -1.79. The number of phenols is 2. The van der Waals surface area contributed by atoms with Crippen LogP contribution in [0.1, 0.15) is 180 Å². The van der Waals surface area contributed by atoms with Crippen LogP contribution in [0, 0.1) is 11.8 Å². The van der Waals surface area contributed by atoms with Crippen molar-refractivity contribution in [1.29, 1.82) is 0 Å². The fourth-order valence-corrected chi connectivity index (χ4v) is 7.57. The first-order valence-corrected chi connectivity index (χ1v) is 18.7. The first-order valence-electron chi connectivity index (χ1n) is 18.7. The average Bonchev–Trinajstić information content (AvgIpc) is 2.94. The van der Waals surface area contributed by atoms with Crippen molar-refractivity contribution in [3.63, 3.8) is 0 Å². The average molecular weight is 713 g/mol. The molecule has 0 bridgehead atoms. The number of carboxylic acids is 2. The van der Waals surface area contributed by atoms with Crippen molar-refractivity contribution < 1.29 is 40.2 Å². The highest BCUT2D eigenvalue weighted by Crippen LogP contribution is 2.46. The fourth-order valence-electron chi connectivity index (χ4n) is 7.57. The van der Waals surface area contributed by atoms with Crippen molar-refractivity contribution >= 4 is 11.9 Å². The van der Waals surface area contributed by atoms with Gasteiger partial charge in [-0.2, -0.15) is 0 Å². The van der Waals surface area contributed by atoms with Gasteiger partial charge in [0, 0.05) is 11.8 Å². The Morgan fingerprint density at radius 1 is 0.569 bits per heavy atom. The Bertz CT molecular complexity index is 1420. The van der Waals surface area contributed by atoms with Gasteiger partial charge in [-0.25, -0.2) is 0 Å². The zero-order valence-corrected chi connectivity index (χ0v) is 33.6. The van der Waals surface area contributed by atoms with Gasteiger partial charge in [0.1, 0.15) is 11.5 Å². The Hall–Kier alpha value is -3.10. The van der Waals surface area contributed by atoms with Crippen molar-refractivity contribution in [2.75, 3.05) is 0 Å². The summed E-state index contributed by atoms with van der Waals surface area (Å²) in [6.45, 7) is 26.1. The summed E-state index contributed by atoms with van der Waals surface area (Å²) >= 11 is 0. The van der Waals surface area contributed by atoms with Gasteiger partial charge in [-0.1, -0.05) is 134 Å². The van der Waals surface area contributed by atoms with Crippen LogP contribution >= 0.6 is 0 Å². The smallest absolute Gasteiger partial charge is 0.303 e. The number of hydrogen-bond donors (Lipinski definition) is 6. The summed E-state index contributed by atoms with van der Waals surface area (Å²) in [5, 5.41) is 64.5. The lowest BCUT2D eigenvalue weighted by molar-refractivity contribution is -0.140. The monoisotopic (exact) mass is 712 g/mol. The second kappa shape index (κ2) is 16.7. The topological polar surface area (TPSA) is 156 Å². The van der Waals surface area contributed by atoms with E-state index in [9.17, 15) is 40.2 Å². The minimum Gasteiger partial charge on any atom is -0.507 e. The molecule has 4 unspecified atom stereocenters. The molecule has 0 saturated heterocycles. The molecule has 0 amide bonds. The lowest BCUT2D eigenvalue weighted by Gasteiger charge is -2.34. The molecule has 288 valence electrons. The molecule has 0 heterocycles. The number of carboxylic acid groups (broad SMARTS) is 2. The highest BCUT2D eigenvalue weighted by atomic mass is 16.5. The second-order valence-corrected chi connectivity index (χ2v) is 18.9. The summed E-state index contributed by atoms with van der Waals surface area (Å²) in [5.74, 6) is -3.54. The molecule has 0 spiro atoms. The van der Waals surface area contributed by atoms with E-state index in [0.29, 0.717) is 36.0 Å². The Kier molecular flexibility index (Phi) is 14.4. The number of hydrogen-bond acceptors (Lipinski definition) is 6. The van der Waals surface area contributed by atoms with E-state index >= 15 is 0 Å². The lowest BCUT2D eigenvalue weighted by Crippen LogP contribution is -2.29. The van der Waals surface area contributed by atoms with Crippen molar-refractivity contribution in [1.82, 2.24) is 0 Å². The molecule has 2 aromatic carbocycles. The maximum atomic E-state index is 12.4. The number of aliphatic hydroxyl groups is 2. The first kappa shape index (κ1) is 44.1. The van der Waals surface area contributed by atoms with E-state index in [1.807, 2.05) is 107 Å². The number of carbonyl (C=O) groups is 2. The van der Waals surface area contributed by atoms with E-state index in [1.165, 1.54) is 0 Å². The number of aromatic hydroxyl groups is 2. The molecule has 0 aliphatic rings. The maximum Gasteiger partial charge on any atom is 0.303 e. The SMILES string of the molecule is CCCC(CCCC(C(O)O)C(CC(=O)O)c1cc(C(C)(C)C)c(O)c(C(C)(C)C)c1)C(CC(=O)O)c1cc(C(C)(C)C)c(O)c(C(C)(C)C)c1. The van der Waals surface area contributed by atoms with Crippen molar-refractivity contribution in [3.8, 4) is 11.5 Å². The van der Waals surface area contributed by atoms with Gasteiger partial charge in [-0.15, -0.1) is 0 Å². The zero-order valence-electron chi connectivity index (χ0n) is 33.6. The molecule has 0 aliphatic carbocycles. The number of aliphatic carboxylic acids is 2. The summed E-state index contributed by atoms with van der Waals surface area (Å²) in [4.78, 5) is 24.7. The van der Waals surface area contributed by atoms with E-state index in [-0.39, 0.29) is 47.0 Å². The van der Waals surface area contributed by atoms with Crippen LogP contribution in [0.3, 0.4) is 0 Å². The van der Waals surface area contributed by atoms with Gasteiger partial charge in [0.05, 0.1) is 12.8 Å². The number of aliphatic hydroxyl groups excluding tert-OH is 1. The number of phenolic OH excluding ortho intramolecular Hbond substituents is 2. The van der Waals surface area contributed by atoms with Gasteiger partial charge in [0.25, 0.3) is 0 Å². The number of rotatable bonds is 15. The summed E-state index contributed by atoms with van der Waals surface area (Å²) in [6, 6.07) is 7.57. The molecule has 0 saturated carbocycles. The Balaban J connectivity index is 2.65. The third kappa shape index (κ3) is 11.7. The van der Waals surface area contributed by atoms with Crippen LogP contribution in [0.15, 0.2) is 24.3 Å². The molecule has 0 aliphatic heterocycles. The van der Waals surface area contributed by atoms with E-state index in [0.717, 1.165) is 29.5 Å². The van der Waals surface area contributed by atoms with Crippen LogP contribution in [0.25, 0.3) is 0 Å². The third-order valence-corrected chi connectivity index (χ3v) is 10.4.